The number of hydrogen-bond donors (Lipinski definition) is 1. The first-order valence-corrected chi connectivity index (χ1v) is 4.34. The van der Waals surface area contributed by atoms with Crippen molar-refractivity contribution in [1.82, 2.24) is 4.90 Å². The van der Waals surface area contributed by atoms with Crippen molar-refractivity contribution < 1.29 is 9.90 Å². The summed E-state index contributed by atoms with van der Waals surface area (Å²) in [7, 11) is 0. The van der Waals surface area contributed by atoms with Gasteiger partial charge in [0.05, 0.1) is 0 Å². The molecule has 2 unspecified atom stereocenters. The predicted molar refractivity (Wildman–Crippen MR) is 46.4 cm³/mol. The van der Waals surface area contributed by atoms with Gasteiger partial charge in [0, 0.05) is 17.9 Å². The number of hydrogen-bond acceptors (Lipinski definition) is 2. The Morgan fingerprint density at radius 2 is 2.00 bits per heavy atom. The fraction of sp³-hybridized carbons (Fsp3) is 0.889. The number of amides is 1. The van der Waals surface area contributed by atoms with Crippen LogP contribution in [0.25, 0.3) is 0 Å². The molecule has 0 aliphatic carbocycles. The Labute approximate surface area is 73.4 Å². The molecular weight excluding hydrogens is 154 g/mol. The second-order valence-corrected chi connectivity index (χ2v) is 4.53. The van der Waals surface area contributed by atoms with E-state index in [9.17, 15) is 9.90 Å². The molecule has 0 spiro atoms. The molecule has 0 saturated carbocycles. The van der Waals surface area contributed by atoms with Gasteiger partial charge in [-0.2, -0.15) is 0 Å². The molecule has 0 aromatic carbocycles. The average molecular weight is 171 g/mol. The van der Waals surface area contributed by atoms with Crippen molar-refractivity contribution in [3.8, 4) is 0 Å². The van der Waals surface area contributed by atoms with Crippen molar-refractivity contribution in [2.24, 2.45) is 5.92 Å². The molecule has 1 rings (SSSR count). The normalized spacial score (nSPS) is 31.4. The van der Waals surface area contributed by atoms with Gasteiger partial charge in [0.25, 0.3) is 0 Å². The molecule has 1 saturated heterocycles. The number of aliphatic hydroxyl groups is 1. The Morgan fingerprint density at radius 3 is 2.17 bits per heavy atom. The van der Waals surface area contributed by atoms with E-state index < -0.39 is 6.23 Å². The molecular formula is C9H17NO2. The molecule has 1 fully saturated rings. The Hall–Kier alpha value is -0.570. The molecule has 12 heavy (non-hydrogen) atoms. The van der Waals surface area contributed by atoms with Gasteiger partial charge >= 0.3 is 0 Å². The van der Waals surface area contributed by atoms with E-state index >= 15 is 0 Å². The molecule has 0 bridgehead atoms. The van der Waals surface area contributed by atoms with Crippen LogP contribution in [0.3, 0.4) is 0 Å². The van der Waals surface area contributed by atoms with Crippen LogP contribution in [0, 0.1) is 5.92 Å². The first-order valence-electron chi connectivity index (χ1n) is 4.34. The summed E-state index contributed by atoms with van der Waals surface area (Å²) in [5, 5.41) is 9.67. The van der Waals surface area contributed by atoms with Gasteiger partial charge in [-0.15, -0.1) is 0 Å². The summed E-state index contributed by atoms with van der Waals surface area (Å²) in [5.41, 5.74) is -0.263. The van der Waals surface area contributed by atoms with Gasteiger partial charge < -0.3 is 10.0 Å². The zero-order valence-corrected chi connectivity index (χ0v) is 8.16. The lowest BCUT2D eigenvalue weighted by atomic mass is 10.1. The highest BCUT2D eigenvalue weighted by Gasteiger charge is 2.41. The first kappa shape index (κ1) is 9.52. The van der Waals surface area contributed by atoms with E-state index in [1.165, 1.54) is 0 Å². The van der Waals surface area contributed by atoms with Crippen molar-refractivity contribution in [3.05, 3.63) is 0 Å². The van der Waals surface area contributed by atoms with E-state index in [2.05, 4.69) is 0 Å². The summed E-state index contributed by atoms with van der Waals surface area (Å²) in [6, 6.07) is 0. The van der Waals surface area contributed by atoms with Crippen LogP contribution in [0.2, 0.25) is 0 Å². The van der Waals surface area contributed by atoms with Gasteiger partial charge in [0.1, 0.15) is 6.23 Å². The molecule has 1 heterocycles. The zero-order chi connectivity index (χ0) is 9.52. The van der Waals surface area contributed by atoms with E-state index in [4.69, 9.17) is 0 Å². The van der Waals surface area contributed by atoms with Gasteiger partial charge in [0.2, 0.25) is 5.91 Å². The van der Waals surface area contributed by atoms with Crippen LogP contribution in [-0.2, 0) is 4.79 Å². The van der Waals surface area contributed by atoms with Crippen molar-refractivity contribution >= 4 is 5.91 Å². The molecule has 0 radical (unpaired) electrons. The smallest absolute Gasteiger partial charge is 0.225 e. The Morgan fingerprint density at radius 1 is 1.50 bits per heavy atom. The minimum absolute atomic E-state index is 0.0579. The zero-order valence-electron chi connectivity index (χ0n) is 8.16. The minimum Gasteiger partial charge on any atom is -0.373 e. The quantitative estimate of drug-likeness (QED) is 0.590. The lowest BCUT2D eigenvalue weighted by Gasteiger charge is -2.35. The standard InChI is InChI=1S/C9H17NO2/c1-6-5-7(11)10(8(6)12)9(2,3)4/h6,8,12H,5H2,1-4H3. The summed E-state index contributed by atoms with van der Waals surface area (Å²) < 4.78 is 0. The summed E-state index contributed by atoms with van der Waals surface area (Å²) in [4.78, 5) is 13.0. The van der Waals surface area contributed by atoms with E-state index in [0.717, 1.165) is 0 Å². The highest BCUT2D eigenvalue weighted by Crippen LogP contribution is 2.29. The van der Waals surface area contributed by atoms with Crippen molar-refractivity contribution in [2.45, 2.75) is 45.9 Å². The lowest BCUT2D eigenvalue weighted by Crippen LogP contribution is -2.47. The van der Waals surface area contributed by atoms with Crippen LogP contribution in [-0.4, -0.2) is 27.7 Å². The molecule has 1 N–H and O–H groups in total. The molecule has 3 heteroatoms. The number of aliphatic hydroxyl groups excluding tert-OH is 1. The summed E-state index contributed by atoms with van der Waals surface area (Å²) in [6.45, 7) is 7.71. The summed E-state index contributed by atoms with van der Waals surface area (Å²) in [5.74, 6) is 0.124. The van der Waals surface area contributed by atoms with Crippen LogP contribution in [0.15, 0.2) is 0 Å². The van der Waals surface area contributed by atoms with Crippen LogP contribution < -0.4 is 0 Å². The molecule has 1 aliphatic rings. The lowest BCUT2D eigenvalue weighted by molar-refractivity contribution is -0.140. The maximum absolute atomic E-state index is 11.4. The third-order valence-electron chi connectivity index (χ3n) is 2.26. The maximum atomic E-state index is 11.4. The first-order chi connectivity index (χ1) is 5.34. The summed E-state index contributed by atoms with van der Waals surface area (Å²) >= 11 is 0. The van der Waals surface area contributed by atoms with E-state index in [1.807, 2.05) is 27.7 Å². The number of carbonyl (C=O) groups is 1. The van der Waals surface area contributed by atoms with E-state index in [-0.39, 0.29) is 17.4 Å². The molecule has 3 nitrogen and oxygen atoms in total. The largest absolute Gasteiger partial charge is 0.373 e. The Bertz CT molecular complexity index is 195. The van der Waals surface area contributed by atoms with Gasteiger partial charge in [-0.05, 0) is 20.8 Å². The fourth-order valence-corrected chi connectivity index (χ4v) is 1.65. The Balaban J connectivity index is 2.84. The fourth-order valence-electron chi connectivity index (χ4n) is 1.65. The third kappa shape index (κ3) is 1.46. The number of nitrogens with zero attached hydrogens (tertiary/aromatic N) is 1. The predicted octanol–water partition coefficient (Wildman–Crippen LogP) is 0.972. The topological polar surface area (TPSA) is 40.5 Å². The maximum Gasteiger partial charge on any atom is 0.225 e. The highest BCUT2D eigenvalue weighted by atomic mass is 16.3. The minimum atomic E-state index is -0.600. The van der Waals surface area contributed by atoms with Gasteiger partial charge in [-0.1, -0.05) is 6.92 Å². The molecule has 70 valence electrons. The number of rotatable bonds is 0. The second kappa shape index (κ2) is 2.73. The van der Waals surface area contributed by atoms with Crippen LogP contribution in [0.1, 0.15) is 34.1 Å². The van der Waals surface area contributed by atoms with Gasteiger partial charge in [-0.3, -0.25) is 4.79 Å². The van der Waals surface area contributed by atoms with Gasteiger partial charge in [-0.25, -0.2) is 0 Å². The van der Waals surface area contributed by atoms with Crippen LogP contribution in [0.4, 0.5) is 0 Å². The van der Waals surface area contributed by atoms with E-state index in [0.29, 0.717) is 6.42 Å². The SMILES string of the molecule is CC1CC(=O)N(C(C)(C)C)C1O. The number of likely N-dealkylation sites (tertiary alicyclic amines) is 1. The summed E-state index contributed by atoms with van der Waals surface area (Å²) in [6.07, 6.45) is -0.129. The van der Waals surface area contributed by atoms with Crippen molar-refractivity contribution in [2.75, 3.05) is 0 Å². The van der Waals surface area contributed by atoms with Crippen LogP contribution >= 0.6 is 0 Å². The molecule has 1 aliphatic heterocycles. The van der Waals surface area contributed by atoms with Gasteiger partial charge in [0.15, 0.2) is 0 Å². The third-order valence-corrected chi connectivity index (χ3v) is 2.26. The molecule has 2 atom stereocenters. The Kier molecular flexibility index (Phi) is 2.17. The monoisotopic (exact) mass is 171 g/mol. The van der Waals surface area contributed by atoms with E-state index in [1.54, 1.807) is 4.90 Å². The molecule has 1 amide bonds. The number of carbonyl (C=O) groups excluding carboxylic acids is 1. The van der Waals surface area contributed by atoms with Crippen LogP contribution in [0.5, 0.6) is 0 Å². The van der Waals surface area contributed by atoms with Crippen molar-refractivity contribution in [1.29, 1.82) is 0 Å². The molecule has 0 aromatic heterocycles. The molecule has 0 aromatic rings. The second-order valence-electron chi connectivity index (χ2n) is 4.53. The highest BCUT2D eigenvalue weighted by molar-refractivity contribution is 5.79. The van der Waals surface area contributed by atoms with Crippen molar-refractivity contribution in [3.63, 3.8) is 0 Å². The average Bonchev–Trinajstić information content (AvgIpc) is 2.05.